The van der Waals surface area contributed by atoms with Gasteiger partial charge in [-0.3, -0.25) is 0 Å². The molecule has 2 nitrogen and oxygen atoms in total. The molecule has 0 N–H and O–H groups in total. The van der Waals surface area contributed by atoms with Crippen molar-refractivity contribution >= 4 is 43.6 Å². The highest BCUT2D eigenvalue weighted by Gasteiger charge is 2.37. The van der Waals surface area contributed by atoms with Crippen LogP contribution >= 0.6 is 0 Å². The molecule has 0 saturated carbocycles. The first-order chi connectivity index (χ1) is 31.1. The first-order valence-electron chi connectivity index (χ1n) is 22.7. The Labute approximate surface area is 350 Å². The van der Waals surface area contributed by atoms with E-state index in [-0.39, 0.29) is 35.1 Å². The summed E-state index contributed by atoms with van der Waals surface area (Å²) >= 11 is 0. The number of para-hydroxylation sites is 3. The molecule has 2 heterocycles. The molecule has 0 unspecified atom stereocenters. The third kappa shape index (κ3) is 5.00. The van der Waals surface area contributed by atoms with Crippen LogP contribution in [-0.2, 0) is 5.41 Å². The molecule has 0 radical (unpaired) electrons. The van der Waals surface area contributed by atoms with Crippen molar-refractivity contribution in [3.63, 3.8) is 0 Å². The zero-order chi connectivity index (χ0) is 43.6. The Morgan fingerprint density at radius 3 is 1.71 bits per heavy atom. The van der Waals surface area contributed by atoms with Crippen LogP contribution in [-0.4, -0.2) is 9.13 Å². The zero-order valence-corrected chi connectivity index (χ0v) is 32.6. The maximum absolute atomic E-state index is 8.91. The van der Waals surface area contributed by atoms with Gasteiger partial charge in [-0.15, -0.1) is 0 Å². The van der Waals surface area contributed by atoms with E-state index >= 15 is 0 Å². The Kier molecular flexibility index (Phi) is 6.27. The Morgan fingerprint density at radius 2 is 0.983 bits per heavy atom. The fourth-order valence-electron chi connectivity index (χ4n) is 9.90. The van der Waals surface area contributed by atoms with Crippen molar-refractivity contribution in [2.45, 2.75) is 19.3 Å². The molecule has 11 aromatic rings. The Balaban J connectivity index is 1.02. The molecule has 2 heteroatoms. The van der Waals surface area contributed by atoms with Crippen LogP contribution in [0, 0.1) is 0 Å². The number of hydrogen-bond acceptors (Lipinski definition) is 0. The second-order valence-corrected chi connectivity index (χ2v) is 16.1. The van der Waals surface area contributed by atoms with E-state index in [0.29, 0.717) is 5.56 Å². The van der Waals surface area contributed by atoms with Gasteiger partial charge in [0, 0.05) is 38.2 Å². The van der Waals surface area contributed by atoms with Crippen molar-refractivity contribution in [3.8, 4) is 55.9 Å². The first kappa shape index (κ1) is 28.9. The van der Waals surface area contributed by atoms with Gasteiger partial charge in [-0.05, 0) is 105 Å². The van der Waals surface area contributed by atoms with Gasteiger partial charge in [0.05, 0.1) is 34.6 Å². The maximum Gasteiger partial charge on any atom is 0.0629 e. The third-order valence-electron chi connectivity index (χ3n) is 12.6. The minimum Gasteiger partial charge on any atom is -0.309 e. The minimum atomic E-state index is -0.391. The summed E-state index contributed by atoms with van der Waals surface area (Å²) in [5.74, 6) is 0. The highest BCUT2D eigenvalue weighted by molar-refractivity contribution is 6.13. The molecule has 1 aliphatic rings. The molecule has 1 aliphatic carbocycles. The molecule has 2 aromatic heterocycles. The zero-order valence-electron chi connectivity index (χ0n) is 37.6. The molecule has 59 heavy (non-hydrogen) atoms. The van der Waals surface area contributed by atoms with Gasteiger partial charge in [-0.25, -0.2) is 0 Å². The summed E-state index contributed by atoms with van der Waals surface area (Å²) in [6, 6.07) is 61.2. The smallest absolute Gasteiger partial charge is 0.0629 e. The second-order valence-electron chi connectivity index (χ2n) is 16.1. The lowest BCUT2D eigenvalue weighted by atomic mass is 9.82. The number of hydrogen-bond donors (Lipinski definition) is 0. The van der Waals surface area contributed by atoms with Crippen LogP contribution in [0.25, 0.3) is 99.5 Å². The van der Waals surface area contributed by atoms with Crippen LogP contribution in [0.15, 0.2) is 206 Å². The van der Waals surface area contributed by atoms with Crippen LogP contribution in [0.1, 0.15) is 31.8 Å². The van der Waals surface area contributed by atoms with E-state index in [9.17, 15) is 0 Å². The molecule has 0 amide bonds. The van der Waals surface area contributed by atoms with Crippen molar-refractivity contribution in [3.05, 3.63) is 217 Å². The normalized spacial score (nSPS) is 14.2. The molecule has 0 saturated heterocycles. The molecule has 0 atom stereocenters. The quantitative estimate of drug-likeness (QED) is 0.165. The lowest BCUT2D eigenvalue weighted by Gasteiger charge is -2.22. The SMILES string of the molecule is [2H]c1c([2H])c([2H])c(-c2cccc3c2-c2cc(-n4c5ccccc5c5cc(-c6ccc7c(c6)c6ccccc6n7-c6ccccc6-c6ccccc6)ccc54)ccc2C3(C)C)c([2H])c1[2H]. The van der Waals surface area contributed by atoms with Crippen molar-refractivity contribution in [2.24, 2.45) is 0 Å². The summed E-state index contributed by atoms with van der Waals surface area (Å²) in [4.78, 5) is 0. The fraction of sp³-hybridized carbons (Fsp3) is 0.0526. The number of rotatable bonds is 5. The second kappa shape index (κ2) is 12.8. The molecule has 278 valence electrons. The van der Waals surface area contributed by atoms with Gasteiger partial charge in [0.25, 0.3) is 0 Å². The lowest BCUT2D eigenvalue weighted by Crippen LogP contribution is -2.15. The summed E-state index contributed by atoms with van der Waals surface area (Å²) < 4.78 is 47.8. The van der Waals surface area contributed by atoms with Gasteiger partial charge in [0.1, 0.15) is 0 Å². The highest BCUT2D eigenvalue weighted by Crippen LogP contribution is 2.53. The third-order valence-corrected chi connectivity index (χ3v) is 12.6. The fourth-order valence-corrected chi connectivity index (χ4v) is 9.90. The Morgan fingerprint density at radius 1 is 0.390 bits per heavy atom. The van der Waals surface area contributed by atoms with Gasteiger partial charge in [0.15, 0.2) is 0 Å². The van der Waals surface area contributed by atoms with Crippen LogP contribution in [0.5, 0.6) is 0 Å². The average molecular weight is 758 g/mol. The number of nitrogens with zero attached hydrogens (tertiary/aromatic N) is 2. The molecule has 0 bridgehead atoms. The Hall–Kier alpha value is -7.42. The maximum atomic E-state index is 8.91. The standard InChI is InChI=1S/C57H40N2/c1-57(2)49-31-30-41(36-48(49)56-43(23-15-24-50(56)57)38-18-7-4-8-19-38)58-52-26-13-10-21-44(52)46-34-39(28-32-54(46)58)40-29-33-55-47(35-40)45-22-11-14-27-53(45)59(55)51-25-12-9-20-42(51)37-16-5-3-6-17-37/h3-36H,1-2H3/i4D,7D,8D,18D,19D. The van der Waals surface area contributed by atoms with Crippen LogP contribution in [0.3, 0.4) is 0 Å². The van der Waals surface area contributed by atoms with Gasteiger partial charge < -0.3 is 9.13 Å². The van der Waals surface area contributed by atoms with E-state index in [1.165, 1.54) is 21.9 Å². The first-order valence-corrected chi connectivity index (χ1v) is 20.2. The van der Waals surface area contributed by atoms with Crippen LogP contribution in [0.4, 0.5) is 0 Å². The van der Waals surface area contributed by atoms with E-state index in [1.807, 2.05) is 12.1 Å². The number of fused-ring (bicyclic) bond motifs is 9. The summed E-state index contributed by atoms with van der Waals surface area (Å²) in [6.45, 7) is 4.40. The van der Waals surface area contributed by atoms with Crippen LogP contribution in [0.2, 0.25) is 0 Å². The molecule has 12 rings (SSSR count). The average Bonchev–Trinajstić information content (AvgIpc) is 3.93. The lowest BCUT2D eigenvalue weighted by molar-refractivity contribution is 0.660. The van der Waals surface area contributed by atoms with E-state index in [2.05, 4.69) is 187 Å². The molecule has 0 fully saturated rings. The predicted molar refractivity (Wildman–Crippen MR) is 249 cm³/mol. The molecule has 9 aromatic carbocycles. The Bertz CT molecular complexity index is 3740. The van der Waals surface area contributed by atoms with E-state index < -0.39 is 6.04 Å². The van der Waals surface area contributed by atoms with Crippen LogP contribution < -0.4 is 0 Å². The number of benzene rings is 9. The summed E-state index contributed by atoms with van der Waals surface area (Å²) in [5.41, 5.74) is 15.9. The van der Waals surface area contributed by atoms with Crippen molar-refractivity contribution < 1.29 is 6.85 Å². The largest absolute Gasteiger partial charge is 0.309 e. The van der Waals surface area contributed by atoms with E-state index in [1.54, 1.807) is 0 Å². The summed E-state index contributed by atoms with van der Waals surface area (Å²) in [6.07, 6.45) is 0. The van der Waals surface area contributed by atoms with Crippen molar-refractivity contribution in [1.82, 2.24) is 9.13 Å². The monoisotopic (exact) mass is 757 g/mol. The topological polar surface area (TPSA) is 9.86 Å². The van der Waals surface area contributed by atoms with Gasteiger partial charge in [0.2, 0.25) is 0 Å². The minimum absolute atomic E-state index is 0.196. The molecular weight excluding hydrogens is 713 g/mol. The molecule has 0 spiro atoms. The molecule has 0 aliphatic heterocycles. The van der Waals surface area contributed by atoms with E-state index in [0.717, 1.165) is 77.6 Å². The van der Waals surface area contributed by atoms with Crippen molar-refractivity contribution in [1.29, 1.82) is 0 Å². The van der Waals surface area contributed by atoms with Gasteiger partial charge in [-0.1, -0.05) is 165 Å². The molecular formula is C57H40N2. The predicted octanol–water partition coefficient (Wildman–Crippen LogP) is 15.2. The van der Waals surface area contributed by atoms with E-state index in [4.69, 9.17) is 6.85 Å². The summed E-state index contributed by atoms with van der Waals surface area (Å²) in [5, 5.41) is 4.70. The number of aromatic nitrogens is 2. The summed E-state index contributed by atoms with van der Waals surface area (Å²) in [7, 11) is 0. The van der Waals surface area contributed by atoms with Gasteiger partial charge >= 0.3 is 0 Å². The van der Waals surface area contributed by atoms with Gasteiger partial charge in [-0.2, -0.15) is 0 Å². The highest BCUT2D eigenvalue weighted by atomic mass is 15.0. The van der Waals surface area contributed by atoms with Crippen molar-refractivity contribution in [2.75, 3.05) is 0 Å².